The van der Waals surface area contributed by atoms with Crippen LogP contribution in [0.5, 0.6) is 0 Å². The molecule has 0 aromatic heterocycles. The molecule has 0 amide bonds. The Morgan fingerprint density at radius 3 is 2.00 bits per heavy atom. The average molecular weight is 718 g/mol. The summed E-state index contributed by atoms with van der Waals surface area (Å²) >= 11 is 0. The number of piperazine rings is 1. The van der Waals surface area contributed by atoms with Gasteiger partial charge in [-0.2, -0.15) is 0 Å². The first-order valence-corrected chi connectivity index (χ1v) is 19.6. The highest BCUT2D eigenvalue weighted by molar-refractivity contribution is 7.89. The van der Waals surface area contributed by atoms with Gasteiger partial charge in [0.15, 0.2) is 6.29 Å². The molecule has 0 unspecified atom stereocenters. The Kier molecular flexibility index (Phi) is 11.6. The van der Waals surface area contributed by atoms with Gasteiger partial charge in [-0.25, -0.2) is 13.1 Å². The van der Waals surface area contributed by atoms with Crippen LogP contribution in [0.2, 0.25) is 0 Å². The van der Waals surface area contributed by atoms with Gasteiger partial charge in [-0.3, -0.25) is 9.80 Å². The van der Waals surface area contributed by atoms with Gasteiger partial charge < -0.3 is 14.6 Å². The van der Waals surface area contributed by atoms with Gasteiger partial charge in [-0.05, 0) is 45.5 Å². The van der Waals surface area contributed by atoms with Gasteiger partial charge >= 0.3 is 0 Å². The summed E-state index contributed by atoms with van der Waals surface area (Å²) in [7, 11) is -3.65. The first-order chi connectivity index (χ1) is 25.4. The lowest BCUT2D eigenvalue weighted by atomic mass is 9.89. The minimum Gasteiger partial charge on any atom is -0.392 e. The first kappa shape index (κ1) is 36.2. The average Bonchev–Trinajstić information content (AvgIpc) is 3.19. The Morgan fingerprint density at radius 1 is 0.692 bits per heavy atom. The number of ether oxygens (including phenoxy) is 2. The molecule has 5 aromatic carbocycles. The molecule has 8 nitrogen and oxygen atoms in total. The fourth-order valence-corrected chi connectivity index (χ4v) is 8.21. The molecule has 270 valence electrons. The summed E-state index contributed by atoms with van der Waals surface area (Å²) in [4.78, 5) is 5.28. The SMILES string of the molecule is C[C@H]1[C@@H](CN2CCN(Cc3ccccc3)CC2)O[C@@H](c2ccc(-c3ccccc3CNS(=O)(=O)c3ccccc3)cc2)O[C@H]1c1ccc(CO)cc1. The molecular weight excluding hydrogens is 671 g/mol. The topological polar surface area (TPSA) is 91.3 Å². The van der Waals surface area contributed by atoms with Crippen molar-refractivity contribution in [2.45, 2.75) is 50.0 Å². The Hall–Kier alpha value is -4.19. The second kappa shape index (κ2) is 16.7. The number of nitrogens with zero attached hydrogens (tertiary/aromatic N) is 2. The summed E-state index contributed by atoms with van der Waals surface area (Å²) in [5.74, 6) is 0.101. The summed E-state index contributed by atoms with van der Waals surface area (Å²) in [5, 5.41) is 9.65. The molecule has 2 aliphatic rings. The molecule has 0 spiro atoms. The van der Waals surface area contributed by atoms with E-state index >= 15 is 0 Å². The molecule has 9 heteroatoms. The highest BCUT2D eigenvalue weighted by Crippen LogP contribution is 2.42. The molecule has 0 saturated carbocycles. The lowest BCUT2D eigenvalue weighted by Gasteiger charge is -2.44. The maximum absolute atomic E-state index is 12.9. The highest BCUT2D eigenvalue weighted by Gasteiger charge is 2.39. The van der Waals surface area contributed by atoms with E-state index in [9.17, 15) is 13.5 Å². The smallest absolute Gasteiger partial charge is 0.240 e. The molecule has 0 aliphatic carbocycles. The third-order valence-electron chi connectivity index (χ3n) is 10.3. The van der Waals surface area contributed by atoms with Gasteiger partial charge in [-0.1, -0.05) is 128 Å². The van der Waals surface area contributed by atoms with Crippen LogP contribution in [-0.2, 0) is 39.2 Å². The summed E-state index contributed by atoms with van der Waals surface area (Å²) in [5.41, 5.74) is 7.01. The molecule has 4 atom stereocenters. The molecule has 2 heterocycles. The van der Waals surface area contributed by atoms with Crippen LogP contribution in [-0.4, -0.2) is 62.2 Å². The minimum absolute atomic E-state index is 0.000344. The fourth-order valence-electron chi connectivity index (χ4n) is 7.19. The molecule has 2 aliphatic heterocycles. The lowest BCUT2D eigenvalue weighted by molar-refractivity contribution is -0.276. The zero-order valence-corrected chi connectivity index (χ0v) is 30.4. The molecule has 2 N–H and O–H groups in total. The van der Waals surface area contributed by atoms with Crippen LogP contribution in [0.15, 0.2) is 138 Å². The van der Waals surface area contributed by atoms with Crippen molar-refractivity contribution in [1.82, 2.24) is 14.5 Å². The zero-order valence-electron chi connectivity index (χ0n) is 29.6. The minimum atomic E-state index is -3.65. The van der Waals surface area contributed by atoms with Gasteiger partial charge in [0.25, 0.3) is 0 Å². The lowest BCUT2D eigenvalue weighted by Crippen LogP contribution is -2.51. The molecule has 52 heavy (non-hydrogen) atoms. The van der Waals surface area contributed by atoms with E-state index in [1.165, 1.54) is 5.56 Å². The Labute approximate surface area is 307 Å². The number of aliphatic hydroxyl groups is 1. The van der Waals surface area contributed by atoms with Gasteiger partial charge in [0.2, 0.25) is 10.0 Å². The number of sulfonamides is 1. The van der Waals surface area contributed by atoms with E-state index in [4.69, 9.17) is 9.47 Å². The van der Waals surface area contributed by atoms with Crippen LogP contribution in [0.1, 0.15) is 47.1 Å². The second-order valence-corrected chi connectivity index (χ2v) is 15.6. The molecule has 0 radical (unpaired) electrons. The number of rotatable bonds is 12. The van der Waals surface area contributed by atoms with Gasteiger partial charge in [0.1, 0.15) is 0 Å². The molecule has 2 saturated heterocycles. The van der Waals surface area contributed by atoms with Crippen molar-refractivity contribution in [2.24, 2.45) is 5.92 Å². The van der Waals surface area contributed by atoms with Crippen molar-refractivity contribution in [1.29, 1.82) is 0 Å². The Morgan fingerprint density at radius 2 is 1.31 bits per heavy atom. The number of aliphatic hydroxyl groups excluding tert-OH is 1. The van der Waals surface area contributed by atoms with Gasteiger partial charge in [-0.15, -0.1) is 0 Å². The predicted molar refractivity (Wildman–Crippen MR) is 203 cm³/mol. The van der Waals surface area contributed by atoms with E-state index in [1.807, 2.05) is 48.5 Å². The van der Waals surface area contributed by atoms with Crippen LogP contribution < -0.4 is 4.72 Å². The first-order valence-electron chi connectivity index (χ1n) is 18.1. The highest BCUT2D eigenvalue weighted by atomic mass is 32.2. The summed E-state index contributed by atoms with van der Waals surface area (Å²) in [6.45, 7) is 8.15. The number of benzene rings is 5. The summed E-state index contributed by atoms with van der Waals surface area (Å²) in [6, 6.07) is 43.2. The van der Waals surface area contributed by atoms with Crippen LogP contribution in [0.4, 0.5) is 0 Å². The van der Waals surface area contributed by atoms with E-state index < -0.39 is 16.3 Å². The molecule has 0 bridgehead atoms. The van der Waals surface area contributed by atoms with Crippen molar-refractivity contribution in [2.75, 3.05) is 32.7 Å². The summed E-state index contributed by atoms with van der Waals surface area (Å²) < 4.78 is 42.2. The van der Waals surface area contributed by atoms with Crippen molar-refractivity contribution in [3.63, 3.8) is 0 Å². The molecule has 5 aromatic rings. The number of hydrogen-bond donors (Lipinski definition) is 2. The zero-order chi connectivity index (χ0) is 35.9. The quantitative estimate of drug-likeness (QED) is 0.145. The number of hydrogen-bond acceptors (Lipinski definition) is 7. The Balaban J connectivity index is 1.07. The van der Waals surface area contributed by atoms with Crippen molar-refractivity contribution in [3.8, 4) is 11.1 Å². The van der Waals surface area contributed by atoms with Crippen molar-refractivity contribution >= 4 is 10.0 Å². The molecule has 7 rings (SSSR count). The van der Waals surface area contributed by atoms with Crippen LogP contribution in [0.3, 0.4) is 0 Å². The van der Waals surface area contributed by atoms with E-state index in [1.54, 1.807) is 30.3 Å². The van der Waals surface area contributed by atoms with E-state index in [2.05, 4.69) is 76.0 Å². The van der Waals surface area contributed by atoms with Gasteiger partial charge in [0, 0.05) is 57.3 Å². The van der Waals surface area contributed by atoms with Crippen LogP contribution in [0, 0.1) is 5.92 Å². The monoisotopic (exact) mass is 717 g/mol. The number of nitrogens with one attached hydrogen (secondary N) is 1. The largest absolute Gasteiger partial charge is 0.392 e. The standard InChI is InChI=1S/C43H47N3O5S/c1-32-41(30-46-26-24-45(25-27-46)29-33-10-4-2-5-11-33)50-43(51-42(32)36-18-16-34(31-47)17-19-36)37-22-20-35(21-23-37)40-15-9-8-12-38(40)28-44-52(48,49)39-13-6-3-7-14-39/h2-23,32,41-44,47H,24-31H2,1H3/t32-,41+,42+,43+/m0/s1. The third kappa shape index (κ3) is 8.70. The van der Waals surface area contributed by atoms with E-state index in [0.717, 1.165) is 72.6 Å². The maximum Gasteiger partial charge on any atom is 0.240 e. The van der Waals surface area contributed by atoms with Crippen molar-refractivity contribution < 1.29 is 23.0 Å². The fraction of sp³-hybridized carbons (Fsp3) is 0.302. The second-order valence-electron chi connectivity index (χ2n) is 13.8. The van der Waals surface area contributed by atoms with Crippen LogP contribution >= 0.6 is 0 Å². The van der Waals surface area contributed by atoms with E-state index in [-0.39, 0.29) is 36.2 Å². The Bertz CT molecular complexity index is 1990. The normalized spacial score (nSPS) is 21.6. The van der Waals surface area contributed by atoms with Crippen LogP contribution in [0.25, 0.3) is 11.1 Å². The molecular formula is C43H47N3O5S. The predicted octanol–water partition coefficient (Wildman–Crippen LogP) is 6.93. The molecule has 2 fully saturated rings. The van der Waals surface area contributed by atoms with E-state index in [0.29, 0.717) is 0 Å². The third-order valence-corrected chi connectivity index (χ3v) is 11.7. The van der Waals surface area contributed by atoms with Crippen molar-refractivity contribution in [3.05, 3.63) is 161 Å². The van der Waals surface area contributed by atoms with Gasteiger partial charge in [0.05, 0.1) is 23.7 Å². The maximum atomic E-state index is 12.9. The summed E-state index contributed by atoms with van der Waals surface area (Å²) in [6.07, 6.45) is -0.807.